The number of nitrogen functional groups attached to an aromatic ring is 1. The Bertz CT molecular complexity index is 611. The van der Waals surface area contributed by atoms with Crippen molar-refractivity contribution < 1.29 is 9.84 Å². The van der Waals surface area contributed by atoms with Gasteiger partial charge in [0, 0.05) is 13.1 Å². The average Bonchev–Trinajstić information content (AvgIpc) is 3.02. The van der Waals surface area contributed by atoms with Crippen LogP contribution in [0.4, 0.5) is 11.9 Å². The molecule has 1 aromatic heterocycles. The van der Waals surface area contributed by atoms with Crippen LogP contribution in [-0.2, 0) is 6.61 Å². The monoisotopic (exact) mass is 287 g/mol. The van der Waals surface area contributed by atoms with Gasteiger partial charge in [-0.2, -0.15) is 15.0 Å². The van der Waals surface area contributed by atoms with Crippen LogP contribution in [0.25, 0.3) is 0 Å². The first-order chi connectivity index (χ1) is 10.2. The summed E-state index contributed by atoms with van der Waals surface area (Å²) in [6, 6.07) is 7.24. The highest BCUT2D eigenvalue weighted by molar-refractivity contribution is 5.38. The molecule has 0 aliphatic carbocycles. The van der Waals surface area contributed by atoms with Crippen molar-refractivity contribution in [2.24, 2.45) is 0 Å². The van der Waals surface area contributed by atoms with E-state index in [9.17, 15) is 0 Å². The summed E-state index contributed by atoms with van der Waals surface area (Å²) in [4.78, 5) is 14.5. The highest BCUT2D eigenvalue weighted by Gasteiger charge is 2.17. The standard InChI is InChI=1S/C14H17N5O2/c15-12-16-13(19-7-1-2-8-19)18-14(17-12)21-11-5-3-10(9-20)4-6-11/h3-6,20H,1-2,7-9H2,(H2,15,16,17,18). The molecular weight excluding hydrogens is 270 g/mol. The minimum atomic E-state index is -0.00189. The summed E-state index contributed by atoms with van der Waals surface area (Å²) in [6.07, 6.45) is 2.26. The van der Waals surface area contributed by atoms with Crippen LogP contribution in [-0.4, -0.2) is 33.1 Å². The molecule has 1 saturated heterocycles. The molecule has 0 amide bonds. The first-order valence-corrected chi connectivity index (χ1v) is 6.89. The molecule has 3 N–H and O–H groups in total. The van der Waals surface area contributed by atoms with Crippen molar-refractivity contribution in [3.63, 3.8) is 0 Å². The maximum absolute atomic E-state index is 9.02. The molecule has 0 atom stereocenters. The van der Waals surface area contributed by atoms with E-state index in [2.05, 4.69) is 19.9 Å². The molecule has 1 fully saturated rings. The second-order valence-corrected chi connectivity index (χ2v) is 4.87. The van der Waals surface area contributed by atoms with Crippen LogP contribution in [0.1, 0.15) is 18.4 Å². The van der Waals surface area contributed by atoms with Crippen molar-refractivity contribution in [2.45, 2.75) is 19.4 Å². The Balaban J connectivity index is 1.80. The molecule has 1 aliphatic rings. The van der Waals surface area contributed by atoms with Crippen LogP contribution in [0.3, 0.4) is 0 Å². The van der Waals surface area contributed by atoms with E-state index in [0.29, 0.717) is 11.7 Å². The first kappa shape index (κ1) is 13.6. The summed E-state index contributed by atoms with van der Waals surface area (Å²) < 4.78 is 5.61. The van der Waals surface area contributed by atoms with E-state index in [1.54, 1.807) is 24.3 Å². The summed E-state index contributed by atoms with van der Waals surface area (Å²) in [6.45, 7) is 1.85. The molecule has 3 rings (SSSR count). The number of rotatable bonds is 4. The van der Waals surface area contributed by atoms with Crippen LogP contribution < -0.4 is 15.4 Å². The van der Waals surface area contributed by atoms with Crippen LogP contribution in [0.2, 0.25) is 0 Å². The average molecular weight is 287 g/mol. The zero-order chi connectivity index (χ0) is 14.7. The Morgan fingerprint density at radius 2 is 1.81 bits per heavy atom. The Morgan fingerprint density at radius 3 is 2.48 bits per heavy atom. The summed E-state index contributed by atoms with van der Waals surface area (Å²) >= 11 is 0. The summed E-state index contributed by atoms with van der Waals surface area (Å²) in [5.41, 5.74) is 6.54. The van der Waals surface area contributed by atoms with Gasteiger partial charge in [-0.3, -0.25) is 0 Å². The van der Waals surface area contributed by atoms with Crippen LogP contribution in [0, 0.1) is 0 Å². The molecule has 1 aliphatic heterocycles. The molecule has 110 valence electrons. The van der Waals surface area contributed by atoms with E-state index in [0.717, 1.165) is 31.5 Å². The van der Waals surface area contributed by atoms with E-state index in [1.807, 2.05) is 0 Å². The molecule has 0 saturated carbocycles. The third kappa shape index (κ3) is 3.19. The minimum absolute atomic E-state index is 0.00189. The normalized spacial score (nSPS) is 14.4. The predicted molar refractivity (Wildman–Crippen MR) is 78.1 cm³/mol. The van der Waals surface area contributed by atoms with E-state index >= 15 is 0 Å². The van der Waals surface area contributed by atoms with Gasteiger partial charge in [0.15, 0.2) is 0 Å². The van der Waals surface area contributed by atoms with Gasteiger partial charge in [0.05, 0.1) is 6.61 Å². The lowest BCUT2D eigenvalue weighted by atomic mass is 10.2. The topological polar surface area (TPSA) is 97.4 Å². The predicted octanol–water partition coefficient (Wildman–Crippen LogP) is 1.34. The van der Waals surface area contributed by atoms with Crippen molar-refractivity contribution >= 4 is 11.9 Å². The molecule has 0 unspecified atom stereocenters. The number of hydrogen-bond acceptors (Lipinski definition) is 7. The third-order valence-electron chi connectivity index (χ3n) is 3.32. The van der Waals surface area contributed by atoms with Crippen molar-refractivity contribution in [1.29, 1.82) is 0 Å². The van der Waals surface area contributed by atoms with Gasteiger partial charge in [-0.15, -0.1) is 0 Å². The number of aromatic nitrogens is 3. The molecule has 1 aromatic carbocycles. The van der Waals surface area contributed by atoms with Crippen molar-refractivity contribution in [2.75, 3.05) is 23.7 Å². The fourth-order valence-corrected chi connectivity index (χ4v) is 2.23. The summed E-state index contributed by atoms with van der Waals surface area (Å²) in [5, 5.41) is 9.02. The van der Waals surface area contributed by atoms with Crippen molar-refractivity contribution in [3.05, 3.63) is 29.8 Å². The molecule has 0 bridgehead atoms. The van der Waals surface area contributed by atoms with Gasteiger partial charge in [-0.05, 0) is 30.5 Å². The quantitative estimate of drug-likeness (QED) is 0.875. The maximum atomic E-state index is 9.02. The summed E-state index contributed by atoms with van der Waals surface area (Å²) in [7, 11) is 0. The number of benzene rings is 1. The lowest BCUT2D eigenvalue weighted by Gasteiger charge is -2.15. The van der Waals surface area contributed by atoms with Crippen molar-refractivity contribution in [3.8, 4) is 11.8 Å². The number of aliphatic hydroxyl groups excluding tert-OH is 1. The maximum Gasteiger partial charge on any atom is 0.328 e. The Morgan fingerprint density at radius 1 is 1.10 bits per heavy atom. The highest BCUT2D eigenvalue weighted by Crippen LogP contribution is 2.22. The Hall–Kier alpha value is -2.41. The van der Waals surface area contributed by atoms with Gasteiger partial charge < -0.3 is 20.5 Å². The van der Waals surface area contributed by atoms with Crippen LogP contribution in [0.5, 0.6) is 11.8 Å². The second kappa shape index (κ2) is 5.92. The fraction of sp³-hybridized carbons (Fsp3) is 0.357. The fourth-order valence-electron chi connectivity index (χ4n) is 2.23. The van der Waals surface area contributed by atoms with Gasteiger partial charge >= 0.3 is 6.01 Å². The SMILES string of the molecule is Nc1nc(Oc2ccc(CO)cc2)nc(N2CCCC2)n1. The summed E-state index contributed by atoms with van der Waals surface area (Å²) in [5.74, 6) is 1.29. The minimum Gasteiger partial charge on any atom is -0.424 e. The lowest BCUT2D eigenvalue weighted by molar-refractivity contribution is 0.281. The van der Waals surface area contributed by atoms with E-state index in [1.165, 1.54) is 0 Å². The molecule has 0 spiro atoms. The van der Waals surface area contributed by atoms with E-state index in [4.69, 9.17) is 15.6 Å². The van der Waals surface area contributed by atoms with Crippen LogP contribution >= 0.6 is 0 Å². The smallest absolute Gasteiger partial charge is 0.328 e. The Labute approximate surface area is 122 Å². The second-order valence-electron chi connectivity index (χ2n) is 4.87. The number of nitrogens with two attached hydrogens (primary N) is 1. The number of nitrogens with zero attached hydrogens (tertiary/aromatic N) is 4. The largest absolute Gasteiger partial charge is 0.424 e. The Kier molecular flexibility index (Phi) is 3.83. The number of hydrogen-bond donors (Lipinski definition) is 2. The number of aliphatic hydroxyl groups is 1. The third-order valence-corrected chi connectivity index (χ3v) is 3.32. The first-order valence-electron chi connectivity index (χ1n) is 6.89. The van der Waals surface area contributed by atoms with Gasteiger partial charge in [0.1, 0.15) is 5.75 Å². The van der Waals surface area contributed by atoms with E-state index in [-0.39, 0.29) is 18.6 Å². The van der Waals surface area contributed by atoms with E-state index < -0.39 is 0 Å². The van der Waals surface area contributed by atoms with Gasteiger partial charge in [-0.1, -0.05) is 12.1 Å². The van der Waals surface area contributed by atoms with Gasteiger partial charge in [0.2, 0.25) is 11.9 Å². The molecule has 2 heterocycles. The van der Waals surface area contributed by atoms with Gasteiger partial charge in [0.25, 0.3) is 0 Å². The molecule has 2 aromatic rings. The molecule has 21 heavy (non-hydrogen) atoms. The molecule has 7 nitrogen and oxygen atoms in total. The number of ether oxygens (including phenoxy) is 1. The molecule has 7 heteroatoms. The lowest BCUT2D eigenvalue weighted by Crippen LogP contribution is -2.21. The number of anilines is 2. The van der Waals surface area contributed by atoms with Crippen LogP contribution in [0.15, 0.2) is 24.3 Å². The van der Waals surface area contributed by atoms with Crippen molar-refractivity contribution in [1.82, 2.24) is 15.0 Å². The zero-order valence-corrected chi connectivity index (χ0v) is 11.6. The highest BCUT2D eigenvalue weighted by atomic mass is 16.5. The molecular formula is C14H17N5O2. The van der Waals surface area contributed by atoms with Gasteiger partial charge in [-0.25, -0.2) is 0 Å². The zero-order valence-electron chi connectivity index (χ0n) is 11.6. The molecule has 0 radical (unpaired) electrons.